The summed E-state index contributed by atoms with van der Waals surface area (Å²) < 4.78 is 1.02. The van der Waals surface area contributed by atoms with E-state index in [0.717, 1.165) is 10.2 Å². The van der Waals surface area contributed by atoms with E-state index in [9.17, 15) is 0 Å². The monoisotopic (exact) mass is 285 g/mol. The maximum Gasteiger partial charge on any atom is 0.0493 e. The van der Waals surface area contributed by atoms with E-state index >= 15 is 0 Å². The summed E-state index contributed by atoms with van der Waals surface area (Å²) in [6.07, 6.45) is 0. The molecule has 0 saturated carbocycles. The number of nitrogens with two attached hydrogens (primary N) is 1. The Morgan fingerprint density at radius 1 is 1.00 bits per heavy atom. The quantitative estimate of drug-likeness (QED) is 0.733. The predicted octanol–water partition coefficient (Wildman–Crippen LogP) is 5.30. The van der Waals surface area contributed by atoms with Gasteiger partial charge in [0.25, 0.3) is 0 Å². The van der Waals surface area contributed by atoms with Crippen molar-refractivity contribution in [2.75, 3.05) is 5.73 Å². The van der Waals surface area contributed by atoms with Gasteiger partial charge in [0.05, 0.1) is 0 Å². The predicted molar refractivity (Wildman–Crippen MR) is 78.1 cm³/mol. The molecule has 1 nitrogen and oxygen atoms in total. The van der Waals surface area contributed by atoms with E-state index in [1.54, 1.807) is 0 Å². The van der Waals surface area contributed by atoms with Gasteiger partial charge in [-0.3, -0.25) is 0 Å². The minimum absolute atomic E-state index is 0.477. The highest BCUT2D eigenvalue weighted by Gasteiger charge is 2.10. The highest BCUT2D eigenvalue weighted by atomic mass is 79.9. The molecule has 92 valence electrons. The number of nitrogen functional groups attached to an aromatic ring is 1. The fourth-order valence-electron chi connectivity index (χ4n) is 1.47. The van der Waals surface area contributed by atoms with Crippen LogP contribution in [0.15, 0.2) is 16.6 Å². The molecule has 0 aromatic heterocycles. The van der Waals surface area contributed by atoms with Crippen molar-refractivity contribution in [2.24, 2.45) is 0 Å². The SMILES string of the molecule is CC.CC(C)c1cc(Br)c(N)c(C(C)C)c1. The van der Waals surface area contributed by atoms with Gasteiger partial charge in [0.1, 0.15) is 0 Å². The van der Waals surface area contributed by atoms with E-state index in [-0.39, 0.29) is 0 Å². The van der Waals surface area contributed by atoms with Gasteiger partial charge in [0.2, 0.25) is 0 Å². The lowest BCUT2D eigenvalue weighted by atomic mass is 9.94. The summed E-state index contributed by atoms with van der Waals surface area (Å²) in [5.41, 5.74) is 9.47. The Morgan fingerprint density at radius 2 is 1.50 bits per heavy atom. The lowest BCUT2D eigenvalue weighted by Gasteiger charge is -2.15. The molecule has 0 aliphatic heterocycles. The van der Waals surface area contributed by atoms with Crippen molar-refractivity contribution < 1.29 is 0 Å². The fraction of sp³-hybridized carbons (Fsp3) is 0.571. The Balaban J connectivity index is 0.00000106. The van der Waals surface area contributed by atoms with E-state index in [0.29, 0.717) is 11.8 Å². The van der Waals surface area contributed by atoms with Crippen LogP contribution in [0.5, 0.6) is 0 Å². The van der Waals surface area contributed by atoms with Gasteiger partial charge < -0.3 is 5.73 Å². The molecule has 0 unspecified atom stereocenters. The zero-order chi connectivity index (χ0) is 12.9. The molecule has 0 heterocycles. The number of hydrogen-bond acceptors (Lipinski definition) is 1. The zero-order valence-corrected chi connectivity index (χ0v) is 12.9. The summed E-state index contributed by atoms with van der Waals surface area (Å²) in [4.78, 5) is 0. The summed E-state index contributed by atoms with van der Waals surface area (Å²) in [5.74, 6) is 1.02. The second kappa shape index (κ2) is 6.95. The number of anilines is 1. The number of benzene rings is 1. The van der Waals surface area contributed by atoms with Crippen LogP contribution >= 0.6 is 15.9 Å². The molecule has 2 heteroatoms. The minimum Gasteiger partial charge on any atom is -0.398 e. The van der Waals surface area contributed by atoms with Crippen LogP contribution in [0.3, 0.4) is 0 Å². The van der Waals surface area contributed by atoms with Gasteiger partial charge in [-0.05, 0) is 45.0 Å². The topological polar surface area (TPSA) is 26.0 Å². The Labute approximate surface area is 109 Å². The van der Waals surface area contributed by atoms with Crippen molar-refractivity contribution in [1.29, 1.82) is 0 Å². The molecule has 0 atom stereocenters. The van der Waals surface area contributed by atoms with Crippen molar-refractivity contribution in [3.8, 4) is 0 Å². The highest BCUT2D eigenvalue weighted by molar-refractivity contribution is 9.10. The van der Waals surface area contributed by atoms with Crippen molar-refractivity contribution in [3.05, 3.63) is 27.7 Å². The molecule has 1 aromatic carbocycles. The largest absolute Gasteiger partial charge is 0.398 e. The van der Waals surface area contributed by atoms with E-state index in [1.807, 2.05) is 13.8 Å². The lowest BCUT2D eigenvalue weighted by Crippen LogP contribution is -2.00. The summed E-state index contributed by atoms with van der Waals surface area (Å²) in [7, 11) is 0. The summed E-state index contributed by atoms with van der Waals surface area (Å²) >= 11 is 3.51. The van der Waals surface area contributed by atoms with Gasteiger partial charge in [0.15, 0.2) is 0 Å². The van der Waals surface area contributed by atoms with E-state index < -0.39 is 0 Å². The smallest absolute Gasteiger partial charge is 0.0493 e. The molecule has 0 aliphatic rings. The van der Waals surface area contributed by atoms with Crippen LogP contribution in [0, 0.1) is 0 Å². The first-order valence-corrected chi connectivity index (χ1v) is 6.81. The van der Waals surface area contributed by atoms with Gasteiger partial charge in [0, 0.05) is 10.2 Å². The van der Waals surface area contributed by atoms with Gasteiger partial charge in [-0.2, -0.15) is 0 Å². The molecule has 16 heavy (non-hydrogen) atoms. The zero-order valence-electron chi connectivity index (χ0n) is 11.3. The van der Waals surface area contributed by atoms with Crippen LogP contribution < -0.4 is 5.73 Å². The molecular weight excluding hydrogens is 262 g/mol. The molecule has 2 N–H and O–H groups in total. The van der Waals surface area contributed by atoms with Crippen LogP contribution in [0.2, 0.25) is 0 Å². The van der Waals surface area contributed by atoms with Crippen molar-refractivity contribution >= 4 is 21.6 Å². The van der Waals surface area contributed by atoms with E-state index in [4.69, 9.17) is 5.73 Å². The third-order valence-electron chi connectivity index (χ3n) is 2.47. The van der Waals surface area contributed by atoms with Crippen LogP contribution in [-0.4, -0.2) is 0 Å². The van der Waals surface area contributed by atoms with Gasteiger partial charge >= 0.3 is 0 Å². The maximum atomic E-state index is 6.01. The Hall–Kier alpha value is -0.500. The van der Waals surface area contributed by atoms with Crippen molar-refractivity contribution in [3.63, 3.8) is 0 Å². The Bertz CT molecular complexity index is 330. The van der Waals surface area contributed by atoms with Crippen LogP contribution in [0.4, 0.5) is 5.69 Å². The molecule has 0 aliphatic carbocycles. The number of hydrogen-bond donors (Lipinski definition) is 1. The molecule has 1 aromatic rings. The highest BCUT2D eigenvalue weighted by Crippen LogP contribution is 2.32. The maximum absolute atomic E-state index is 6.01. The minimum atomic E-state index is 0.477. The van der Waals surface area contributed by atoms with E-state index in [1.165, 1.54) is 11.1 Å². The molecule has 0 fully saturated rings. The van der Waals surface area contributed by atoms with Crippen molar-refractivity contribution in [2.45, 2.75) is 53.4 Å². The molecule has 0 radical (unpaired) electrons. The van der Waals surface area contributed by atoms with Crippen LogP contribution in [0.25, 0.3) is 0 Å². The average Bonchev–Trinajstić information content (AvgIpc) is 2.24. The van der Waals surface area contributed by atoms with Gasteiger partial charge in [-0.1, -0.05) is 47.6 Å². The van der Waals surface area contributed by atoms with Crippen LogP contribution in [0.1, 0.15) is 64.5 Å². The first kappa shape index (κ1) is 15.5. The van der Waals surface area contributed by atoms with Gasteiger partial charge in [-0.25, -0.2) is 0 Å². The second-order valence-corrected chi connectivity index (χ2v) is 5.17. The van der Waals surface area contributed by atoms with E-state index in [2.05, 4.69) is 55.8 Å². The third kappa shape index (κ3) is 3.82. The molecule has 0 saturated heterocycles. The first-order chi connectivity index (χ1) is 7.43. The molecule has 0 spiro atoms. The fourth-order valence-corrected chi connectivity index (χ4v) is 1.97. The molecule has 0 amide bonds. The van der Waals surface area contributed by atoms with Crippen molar-refractivity contribution in [1.82, 2.24) is 0 Å². The summed E-state index contributed by atoms with van der Waals surface area (Å²) in [6, 6.07) is 4.33. The number of rotatable bonds is 2. The normalized spacial score (nSPS) is 10.3. The summed E-state index contributed by atoms with van der Waals surface area (Å²) in [6.45, 7) is 12.7. The molecule has 0 bridgehead atoms. The average molecular weight is 286 g/mol. The Morgan fingerprint density at radius 3 is 1.88 bits per heavy atom. The van der Waals surface area contributed by atoms with Gasteiger partial charge in [-0.15, -0.1) is 0 Å². The number of halogens is 1. The molecule has 1 rings (SSSR count). The first-order valence-electron chi connectivity index (χ1n) is 6.02. The molecular formula is C14H24BrN. The second-order valence-electron chi connectivity index (χ2n) is 4.32. The van der Waals surface area contributed by atoms with Crippen LogP contribution in [-0.2, 0) is 0 Å². The third-order valence-corrected chi connectivity index (χ3v) is 3.13. The summed E-state index contributed by atoms with van der Waals surface area (Å²) in [5, 5.41) is 0. The Kier molecular flexibility index (Phi) is 6.73. The standard InChI is InChI=1S/C12H18BrN.C2H6/c1-7(2)9-5-10(8(3)4)12(14)11(13)6-9;1-2/h5-8H,14H2,1-4H3;1-2H3. The lowest BCUT2D eigenvalue weighted by molar-refractivity contribution is 0.835.